The SMILES string of the molecule is CCCCOc1ccc(Br)cc1C(=O)N(C)C1CCCCC1. The van der Waals surface area contributed by atoms with Gasteiger partial charge in [0.2, 0.25) is 0 Å². The minimum absolute atomic E-state index is 0.0692. The molecule has 0 radical (unpaired) electrons. The molecule has 0 heterocycles. The largest absolute Gasteiger partial charge is 0.493 e. The quantitative estimate of drug-likeness (QED) is 0.659. The van der Waals surface area contributed by atoms with Crippen LogP contribution < -0.4 is 4.74 Å². The third-order valence-corrected chi connectivity index (χ3v) is 4.86. The predicted molar refractivity (Wildman–Crippen MR) is 93.5 cm³/mol. The molecular formula is C18H26BrNO2. The zero-order valence-corrected chi connectivity index (χ0v) is 15.2. The smallest absolute Gasteiger partial charge is 0.257 e. The summed E-state index contributed by atoms with van der Waals surface area (Å²) < 4.78 is 6.74. The van der Waals surface area contributed by atoms with Crippen LogP contribution in [0, 0.1) is 0 Å². The highest BCUT2D eigenvalue weighted by Gasteiger charge is 2.25. The first-order valence-electron chi connectivity index (χ1n) is 8.33. The van der Waals surface area contributed by atoms with Gasteiger partial charge in [-0.1, -0.05) is 48.5 Å². The zero-order chi connectivity index (χ0) is 15.9. The standard InChI is InChI=1S/C18H26BrNO2/c1-3-4-12-22-17-11-10-14(19)13-16(17)18(21)20(2)15-8-6-5-7-9-15/h10-11,13,15H,3-9,12H2,1-2H3. The number of halogens is 1. The Morgan fingerprint density at radius 2 is 2.05 bits per heavy atom. The Labute approximate surface area is 142 Å². The molecule has 0 saturated heterocycles. The van der Waals surface area contributed by atoms with Gasteiger partial charge in [0, 0.05) is 17.6 Å². The van der Waals surface area contributed by atoms with E-state index in [1.165, 1.54) is 19.3 Å². The molecule has 1 aromatic carbocycles. The Morgan fingerprint density at radius 1 is 1.32 bits per heavy atom. The molecule has 3 nitrogen and oxygen atoms in total. The molecule has 1 aromatic rings. The Hall–Kier alpha value is -1.03. The van der Waals surface area contributed by atoms with Crippen LogP contribution in [0.5, 0.6) is 5.75 Å². The van der Waals surface area contributed by atoms with E-state index in [9.17, 15) is 4.79 Å². The van der Waals surface area contributed by atoms with Gasteiger partial charge in [-0.15, -0.1) is 0 Å². The lowest BCUT2D eigenvalue weighted by Crippen LogP contribution is -2.38. The Kier molecular flexibility index (Phi) is 6.74. The third kappa shape index (κ3) is 4.48. The van der Waals surface area contributed by atoms with E-state index in [1.807, 2.05) is 30.1 Å². The fourth-order valence-electron chi connectivity index (χ4n) is 2.95. The Bertz CT molecular complexity index is 498. The van der Waals surface area contributed by atoms with E-state index in [4.69, 9.17) is 4.74 Å². The van der Waals surface area contributed by atoms with Crippen LogP contribution in [-0.4, -0.2) is 30.5 Å². The van der Waals surface area contributed by atoms with Crippen molar-refractivity contribution >= 4 is 21.8 Å². The lowest BCUT2D eigenvalue weighted by molar-refractivity contribution is 0.0691. The highest BCUT2D eigenvalue weighted by atomic mass is 79.9. The minimum Gasteiger partial charge on any atom is -0.493 e. The molecule has 2 rings (SSSR count). The van der Waals surface area contributed by atoms with Crippen LogP contribution in [0.2, 0.25) is 0 Å². The van der Waals surface area contributed by atoms with E-state index in [1.54, 1.807) is 0 Å². The number of rotatable bonds is 6. The minimum atomic E-state index is 0.0692. The number of hydrogen-bond acceptors (Lipinski definition) is 2. The molecule has 122 valence electrons. The fraction of sp³-hybridized carbons (Fsp3) is 0.611. The number of amides is 1. The second kappa shape index (κ2) is 8.56. The van der Waals surface area contributed by atoms with E-state index in [0.717, 1.165) is 30.2 Å². The number of carbonyl (C=O) groups excluding carboxylic acids is 1. The summed E-state index contributed by atoms with van der Waals surface area (Å²) in [6.07, 6.45) is 8.05. The number of hydrogen-bond donors (Lipinski definition) is 0. The maximum atomic E-state index is 12.9. The Morgan fingerprint density at radius 3 is 2.73 bits per heavy atom. The fourth-order valence-corrected chi connectivity index (χ4v) is 3.31. The van der Waals surface area contributed by atoms with Gasteiger partial charge in [-0.3, -0.25) is 4.79 Å². The molecule has 1 aliphatic rings. The van der Waals surface area contributed by atoms with Crippen LogP contribution in [-0.2, 0) is 0 Å². The molecule has 1 amide bonds. The maximum Gasteiger partial charge on any atom is 0.257 e. The highest BCUT2D eigenvalue weighted by Crippen LogP contribution is 2.28. The van der Waals surface area contributed by atoms with Crippen molar-refractivity contribution in [3.05, 3.63) is 28.2 Å². The van der Waals surface area contributed by atoms with E-state index in [2.05, 4.69) is 22.9 Å². The number of ether oxygens (including phenoxy) is 1. The van der Waals surface area contributed by atoms with Gasteiger partial charge in [0.05, 0.1) is 12.2 Å². The highest BCUT2D eigenvalue weighted by molar-refractivity contribution is 9.10. The molecule has 0 spiro atoms. The molecule has 22 heavy (non-hydrogen) atoms. The first kappa shape index (κ1) is 17.3. The van der Waals surface area contributed by atoms with Crippen molar-refractivity contribution in [1.29, 1.82) is 0 Å². The molecular weight excluding hydrogens is 342 g/mol. The van der Waals surface area contributed by atoms with Crippen LogP contribution >= 0.6 is 15.9 Å². The van der Waals surface area contributed by atoms with Crippen molar-refractivity contribution < 1.29 is 9.53 Å². The molecule has 0 N–H and O–H groups in total. The lowest BCUT2D eigenvalue weighted by Gasteiger charge is -2.31. The van der Waals surface area contributed by atoms with Crippen LogP contribution in [0.25, 0.3) is 0 Å². The number of nitrogens with zero attached hydrogens (tertiary/aromatic N) is 1. The van der Waals surface area contributed by atoms with Gasteiger partial charge in [0.25, 0.3) is 5.91 Å². The van der Waals surface area contributed by atoms with Crippen molar-refractivity contribution in [3.8, 4) is 5.75 Å². The maximum absolute atomic E-state index is 12.9. The van der Waals surface area contributed by atoms with Gasteiger partial charge >= 0.3 is 0 Å². The molecule has 1 aliphatic carbocycles. The van der Waals surface area contributed by atoms with E-state index >= 15 is 0 Å². The second-order valence-corrected chi connectivity index (χ2v) is 6.97. The second-order valence-electron chi connectivity index (χ2n) is 6.05. The van der Waals surface area contributed by atoms with E-state index in [-0.39, 0.29) is 5.91 Å². The third-order valence-electron chi connectivity index (χ3n) is 4.37. The topological polar surface area (TPSA) is 29.5 Å². The summed E-state index contributed by atoms with van der Waals surface area (Å²) in [5, 5.41) is 0. The number of unbranched alkanes of at least 4 members (excludes halogenated alkanes) is 1. The molecule has 0 aliphatic heterocycles. The van der Waals surface area contributed by atoms with E-state index < -0.39 is 0 Å². The summed E-state index contributed by atoms with van der Waals surface area (Å²) in [7, 11) is 1.93. The molecule has 0 bridgehead atoms. The van der Waals surface area contributed by atoms with Gasteiger partial charge in [-0.25, -0.2) is 0 Å². The van der Waals surface area contributed by atoms with Gasteiger partial charge in [-0.2, -0.15) is 0 Å². The van der Waals surface area contributed by atoms with Crippen LogP contribution in [0.3, 0.4) is 0 Å². The Balaban J connectivity index is 2.14. The monoisotopic (exact) mass is 367 g/mol. The van der Waals surface area contributed by atoms with Crippen LogP contribution in [0.1, 0.15) is 62.2 Å². The molecule has 4 heteroatoms. The first-order chi connectivity index (χ1) is 10.6. The van der Waals surface area contributed by atoms with Crippen molar-refractivity contribution in [1.82, 2.24) is 4.90 Å². The average Bonchev–Trinajstić information content (AvgIpc) is 2.56. The summed E-state index contributed by atoms with van der Waals surface area (Å²) in [6.45, 7) is 2.79. The summed E-state index contributed by atoms with van der Waals surface area (Å²) >= 11 is 3.47. The predicted octanol–water partition coefficient (Wildman–Crippen LogP) is 5.03. The average molecular weight is 368 g/mol. The summed E-state index contributed by atoms with van der Waals surface area (Å²) in [5.41, 5.74) is 0.665. The van der Waals surface area contributed by atoms with Gasteiger partial charge < -0.3 is 9.64 Å². The molecule has 0 aromatic heterocycles. The normalized spacial score (nSPS) is 15.6. The molecule has 1 saturated carbocycles. The number of benzene rings is 1. The molecule has 1 fully saturated rings. The molecule has 0 atom stereocenters. The van der Waals surface area contributed by atoms with Crippen LogP contribution in [0.15, 0.2) is 22.7 Å². The van der Waals surface area contributed by atoms with E-state index in [0.29, 0.717) is 24.0 Å². The number of carbonyl (C=O) groups is 1. The van der Waals surface area contributed by atoms with Crippen molar-refractivity contribution in [3.63, 3.8) is 0 Å². The van der Waals surface area contributed by atoms with Gasteiger partial charge in [-0.05, 0) is 37.5 Å². The first-order valence-corrected chi connectivity index (χ1v) is 9.12. The summed E-state index contributed by atoms with van der Waals surface area (Å²) in [5.74, 6) is 0.768. The zero-order valence-electron chi connectivity index (χ0n) is 13.6. The van der Waals surface area contributed by atoms with Gasteiger partial charge in [0.15, 0.2) is 0 Å². The summed E-state index contributed by atoms with van der Waals surface area (Å²) in [4.78, 5) is 14.8. The van der Waals surface area contributed by atoms with Gasteiger partial charge in [0.1, 0.15) is 5.75 Å². The molecule has 0 unspecified atom stereocenters. The lowest BCUT2D eigenvalue weighted by atomic mass is 9.94. The van der Waals surface area contributed by atoms with Crippen LogP contribution in [0.4, 0.5) is 0 Å². The summed E-state index contributed by atoms with van der Waals surface area (Å²) in [6, 6.07) is 6.06. The van der Waals surface area contributed by atoms with Crippen molar-refractivity contribution in [2.75, 3.05) is 13.7 Å². The van der Waals surface area contributed by atoms with Crippen molar-refractivity contribution in [2.24, 2.45) is 0 Å². The van der Waals surface area contributed by atoms with Crippen molar-refractivity contribution in [2.45, 2.75) is 57.9 Å².